The lowest BCUT2D eigenvalue weighted by molar-refractivity contribution is 0.174. The summed E-state index contributed by atoms with van der Waals surface area (Å²) in [5, 5.41) is 11.0. The maximum atomic E-state index is 5.56. The molecule has 0 saturated heterocycles. The summed E-state index contributed by atoms with van der Waals surface area (Å²) in [7, 11) is 0. The molecule has 0 saturated carbocycles. The van der Waals surface area contributed by atoms with Gasteiger partial charge in [-0.3, -0.25) is 0 Å². The molecule has 0 radical (unpaired) electrons. The molecule has 6 rings (SSSR count). The third-order valence-corrected chi connectivity index (χ3v) is 7.10. The van der Waals surface area contributed by atoms with Crippen LogP contribution in [0.4, 0.5) is 5.69 Å². The summed E-state index contributed by atoms with van der Waals surface area (Å²) >= 11 is 1.61. The van der Waals surface area contributed by atoms with Gasteiger partial charge in [0.1, 0.15) is 5.82 Å². The molecule has 0 atom stereocenters. The Hall–Kier alpha value is -3.17. The molecular weight excluding hydrogens is 526 g/mol. The van der Waals surface area contributed by atoms with E-state index in [0.717, 1.165) is 63.4 Å². The molecule has 0 bridgehead atoms. The zero-order chi connectivity index (χ0) is 22.9. The smallest absolute Gasteiger partial charge is 0.231 e. The molecule has 9 heteroatoms. The van der Waals surface area contributed by atoms with Crippen molar-refractivity contribution in [3.8, 4) is 34.1 Å². The average molecular weight is 552 g/mol. The van der Waals surface area contributed by atoms with Gasteiger partial charge in [0, 0.05) is 36.0 Å². The Labute approximate surface area is 218 Å². The van der Waals surface area contributed by atoms with Gasteiger partial charge in [-0.25, -0.2) is 4.99 Å². The van der Waals surface area contributed by atoms with E-state index >= 15 is 0 Å². The quantitative estimate of drug-likeness (QED) is 0.288. The largest absolute Gasteiger partial charge is 0.454 e. The summed E-state index contributed by atoms with van der Waals surface area (Å²) < 4.78 is 15.5. The molecule has 0 unspecified atom stereocenters. The Morgan fingerprint density at radius 3 is 2.69 bits per heavy atom. The fraction of sp³-hybridized carbons (Fsp3) is 0.269. The third-order valence-electron chi connectivity index (χ3n) is 6.24. The number of hydrogen-bond donors (Lipinski definition) is 0. The van der Waals surface area contributed by atoms with Crippen molar-refractivity contribution in [1.82, 2.24) is 19.3 Å². The summed E-state index contributed by atoms with van der Waals surface area (Å²) in [5.74, 6) is 3.60. The van der Waals surface area contributed by atoms with E-state index in [-0.39, 0.29) is 23.8 Å². The molecule has 2 aliphatic rings. The molecular formula is C26H26BrN5O2S. The Morgan fingerprint density at radius 2 is 1.83 bits per heavy atom. The van der Waals surface area contributed by atoms with Gasteiger partial charge in [-0.2, -0.15) is 0 Å². The third kappa shape index (κ3) is 4.58. The zero-order valence-electron chi connectivity index (χ0n) is 19.2. The van der Waals surface area contributed by atoms with E-state index in [1.807, 2.05) is 30.3 Å². The van der Waals surface area contributed by atoms with Crippen LogP contribution in [0.5, 0.6) is 11.5 Å². The van der Waals surface area contributed by atoms with Gasteiger partial charge in [-0.15, -0.1) is 45.1 Å². The maximum absolute atomic E-state index is 5.56. The molecule has 4 aromatic rings. The van der Waals surface area contributed by atoms with E-state index in [1.54, 1.807) is 11.3 Å². The standard InChI is InChI=1S/C26H25N5O2S.BrH/c1-2-13-30-21(19-9-12-22-23(15-19)33-17-32-22)16-34-26(30)27-20-10-7-18(8-11-20)25-29-28-24-6-4-3-5-14-31(24)25;/h2,7-12,15-16H,1,3-6,13-14,17H2;1H. The van der Waals surface area contributed by atoms with Crippen LogP contribution in [0.15, 0.2) is 65.5 Å². The highest BCUT2D eigenvalue weighted by molar-refractivity contribution is 8.93. The molecule has 35 heavy (non-hydrogen) atoms. The van der Waals surface area contributed by atoms with E-state index in [9.17, 15) is 0 Å². The summed E-state index contributed by atoms with van der Waals surface area (Å²) in [6.45, 7) is 5.86. The minimum absolute atomic E-state index is 0. The number of nitrogens with zero attached hydrogens (tertiary/aromatic N) is 5. The first-order valence-corrected chi connectivity index (χ1v) is 12.4. The van der Waals surface area contributed by atoms with Gasteiger partial charge in [0.2, 0.25) is 6.79 Å². The Bertz CT molecular complexity index is 1420. The second-order valence-electron chi connectivity index (χ2n) is 8.43. The number of halogens is 1. The molecule has 2 aromatic carbocycles. The van der Waals surface area contributed by atoms with Crippen molar-refractivity contribution in [3.63, 3.8) is 0 Å². The van der Waals surface area contributed by atoms with Gasteiger partial charge >= 0.3 is 0 Å². The number of allylic oxidation sites excluding steroid dienone is 1. The molecule has 0 fully saturated rings. The summed E-state index contributed by atoms with van der Waals surface area (Å²) in [6, 6.07) is 14.3. The summed E-state index contributed by atoms with van der Waals surface area (Å²) in [5.41, 5.74) is 4.11. The number of aromatic nitrogens is 4. The molecule has 2 aromatic heterocycles. The van der Waals surface area contributed by atoms with Crippen LogP contribution in [0, 0.1) is 0 Å². The van der Waals surface area contributed by atoms with Crippen LogP contribution >= 0.6 is 28.3 Å². The second-order valence-corrected chi connectivity index (χ2v) is 9.27. The molecule has 0 amide bonds. The van der Waals surface area contributed by atoms with Crippen LogP contribution in [0.1, 0.15) is 25.1 Å². The Balaban J connectivity index is 0.00000253. The molecule has 180 valence electrons. The number of hydrogen-bond acceptors (Lipinski definition) is 6. The highest BCUT2D eigenvalue weighted by Crippen LogP contribution is 2.36. The SMILES string of the molecule is Br.C=CCn1c(-c2ccc3c(c2)OCO3)csc1=Nc1ccc(-c2nnc3n2CCCCC3)cc1. The van der Waals surface area contributed by atoms with Crippen molar-refractivity contribution < 1.29 is 9.47 Å². The lowest BCUT2D eigenvalue weighted by Gasteiger charge is -2.08. The van der Waals surface area contributed by atoms with Crippen LogP contribution in [0.3, 0.4) is 0 Å². The first kappa shape index (κ1) is 23.6. The minimum Gasteiger partial charge on any atom is -0.454 e. The summed E-state index contributed by atoms with van der Waals surface area (Å²) in [6.07, 6.45) is 6.52. The normalized spacial score (nSPS) is 14.8. The lowest BCUT2D eigenvalue weighted by Crippen LogP contribution is -2.14. The van der Waals surface area contributed by atoms with Crippen molar-refractivity contribution in [2.24, 2.45) is 4.99 Å². The van der Waals surface area contributed by atoms with Gasteiger partial charge in [0.15, 0.2) is 22.1 Å². The molecule has 0 spiro atoms. The average Bonchev–Trinajstić information content (AvgIpc) is 3.55. The number of benzene rings is 2. The van der Waals surface area contributed by atoms with Crippen LogP contribution < -0.4 is 14.3 Å². The maximum Gasteiger partial charge on any atom is 0.231 e. The van der Waals surface area contributed by atoms with Gasteiger partial charge < -0.3 is 18.6 Å². The van der Waals surface area contributed by atoms with Crippen molar-refractivity contribution in [2.45, 2.75) is 38.8 Å². The topological polar surface area (TPSA) is 66.5 Å². The number of ether oxygens (including phenoxy) is 2. The molecule has 0 aliphatic carbocycles. The van der Waals surface area contributed by atoms with Crippen molar-refractivity contribution in [2.75, 3.05) is 6.79 Å². The van der Waals surface area contributed by atoms with E-state index in [4.69, 9.17) is 14.5 Å². The number of fused-ring (bicyclic) bond motifs is 2. The summed E-state index contributed by atoms with van der Waals surface area (Å²) in [4.78, 5) is 5.85. The van der Waals surface area contributed by atoms with E-state index in [2.05, 4.69) is 49.5 Å². The van der Waals surface area contributed by atoms with Crippen LogP contribution in [-0.4, -0.2) is 26.1 Å². The van der Waals surface area contributed by atoms with Crippen LogP contribution in [0.2, 0.25) is 0 Å². The number of aryl methyl sites for hydroxylation is 1. The Morgan fingerprint density at radius 1 is 1.00 bits per heavy atom. The van der Waals surface area contributed by atoms with Crippen molar-refractivity contribution >= 4 is 34.0 Å². The van der Waals surface area contributed by atoms with Gasteiger partial charge in [-0.1, -0.05) is 12.5 Å². The predicted octanol–water partition coefficient (Wildman–Crippen LogP) is 5.93. The Kier molecular flexibility index (Phi) is 6.88. The monoisotopic (exact) mass is 551 g/mol. The molecule has 4 heterocycles. The first-order valence-electron chi connectivity index (χ1n) is 11.6. The van der Waals surface area contributed by atoms with Gasteiger partial charge in [-0.05, 0) is 55.3 Å². The highest BCUT2D eigenvalue weighted by atomic mass is 79.9. The van der Waals surface area contributed by atoms with Crippen LogP contribution in [0.25, 0.3) is 22.6 Å². The van der Waals surface area contributed by atoms with E-state index in [0.29, 0.717) is 6.54 Å². The first-order chi connectivity index (χ1) is 16.8. The van der Waals surface area contributed by atoms with E-state index in [1.165, 1.54) is 19.3 Å². The number of rotatable bonds is 5. The fourth-order valence-corrected chi connectivity index (χ4v) is 5.44. The molecule has 7 nitrogen and oxygen atoms in total. The van der Waals surface area contributed by atoms with E-state index < -0.39 is 0 Å². The van der Waals surface area contributed by atoms with Crippen molar-refractivity contribution in [1.29, 1.82) is 0 Å². The van der Waals surface area contributed by atoms with Crippen LogP contribution in [-0.2, 0) is 19.5 Å². The van der Waals surface area contributed by atoms with Gasteiger partial charge in [0.25, 0.3) is 0 Å². The number of thiazole rings is 1. The minimum atomic E-state index is 0. The highest BCUT2D eigenvalue weighted by Gasteiger charge is 2.17. The van der Waals surface area contributed by atoms with Gasteiger partial charge in [0.05, 0.1) is 11.4 Å². The lowest BCUT2D eigenvalue weighted by atomic mass is 10.1. The van der Waals surface area contributed by atoms with Crippen molar-refractivity contribution in [3.05, 3.63) is 71.1 Å². The zero-order valence-corrected chi connectivity index (χ0v) is 21.8. The molecule has 2 aliphatic heterocycles. The predicted molar refractivity (Wildman–Crippen MR) is 143 cm³/mol. The second kappa shape index (κ2) is 10.2. The fourth-order valence-electron chi connectivity index (χ4n) is 4.50. The molecule has 0 N–H and O–H groups in total.